The highest BCUT2D eigenvalue weighted by molar-refractivity contribution is 8.27. The number of hydrogen-bond acceptors (Lipinski definition) is 6. The molecule has 0 bridgehead atoms. The lowest BCUT2D eigenvalue weighted by Gasteiger charge is -2.07. The molecule has 2 rings (SSSR count). The van der Waals surface area contributed by atoms with Crippen LogP contribution in [0.3, 0.4) is 0 Å². The number of aliphatic hydroxyl groups excluding tert-OH is 1. The molecule has 0 spiro atoms. The largest absolute Gasteiger partial charge is 0.508 e. The number of phenols is 1. The first kappa shape index (κ1) is 19.5. The lowest BCUT2D eigenvalue weighted by Crippen LogP contribution is -2.02. The van der Waals surface area contributed by atoms with E-state index >= 15 is 0 Å². The van der Waals surface area contributed by atoms with E-state index in [4.69, 9.17) is 21.7 Å². The van der Waals surface area contributed by atoms with Gasteiger partial charge in [-0.05, 0) is 36.8 Å². The zero-order chi connectivity index (χ0) is 18.1. The summed E-state index contributed by atoms with van der Waals surface area (Å²) in [6, 6.07) is 13.5. The molecule has 0 saturated heterocycles. The molecule has 6 heteroatoms. The van der Waals surface area contributed by atoms with E-state index in [-0.39, 0.29) is 22.4 Å². The Morgan fingerprint density at radius 1 is 0.958 bits per heavy atom. The number of hydrogen-bond donors (Lipinski definition) is 5. The van der Waals surface area contributed by atoms with Crippen LogP contribution in [-0.2, 0) is 0 Å². The van der Waals surface area contributed by atoms with Crippen LogP contribution in [0.2, 0.25) is 0 Å². The van der Waals surface area contributed by atoms with E-state index in [1.54, 1.807) is 43.3 Å². The standard InChI is InChI=1S/C16H15N3OS.C2H6O/c1-10(17)11-2-4-12(5-3-11)15(18)21-16(19)13-6-8-14(20)9-7-13;1-2-3/h2-9,18-20H,1,17H2;3H,2H2,1H3. The summed E-state index contributed by atoms with van der Waals surface area (Å²) < 4.78 is 0. The van der Waals surface area contributed by atoms with Gasteiger partial charge < -0.3 is 15.9 Å². The third-order valence-electron chi connectivity index (χ3n) is 2.85. The molecule has 5 nitrogen and oxygen atoms in total. The summed E-state index contributed by atoms with van der Waals surface area (Å²) in [6.07, 6.45) is 0. The van der Waals surface area contributed by atoms with Gasteiger partial charge in [0.25, 0.3) is 0 Å². The molecule has 24 heavy (non-hydrogen) atoms. The van der Waals surface area contributed by atoms with Crippen molar-refractivity contribution >= 4 is 27.5 Å². The molecular weight excluding hydrogens is 322 g/mol. The summed E-state index contributed by atoms with van der Waals surface area (Å²) in [5.41, 5.74) is 8.29. The highest BCUT2D eigenvalue weighted by atomic mass is 32.2. The molecule has 0 aliphatic rings. The van der Waals surface area contributed by atoms with Crippen molar-refractivity contribution in [3.05, 3.63) is 71.8 Å². The van der Waals surface area contributed by atoms with Gasteiger partial charge in [-0.15, -0.1) is 0 Å². The van der Waals surface area contributed by atoms with Crippen LogP contribution in [0, 0.1) is 10.8 Å². The van der Waals surface area contributed by atoms with E-state index < -0.39 is 0 Å². The van der Waals surface area contributed by atoms with Crippen LogP contribution in [-0.4, -0.2) is 26.9 Å². The summed E-state index contributed by atoms with van der Waals surface area (Å²) in [5, 5.41) is 33.4. The van der Waals surface area contributed by atoms with Crippen molar-refractivity contribution < 1.29 is 10.2 Å². The third-order valence-corrected chi connectivity index (χ3v) is 3.73. The van der Waals surface area contributed by atoms with Crippen LogP contribution in [0.1, 0.15) is 23.6 Å². The molecule has 2 aromatic carbocycles. The van der Waals surface area contributed by atoms with Gasteiger partial charge in [0.15, 0.2) is 0 Å². The maximum Gasteiger partial charge on any atom is 0.115 e. The normalized spacial score (nSPS) is 9.58. The first-order valence-corrected chi connectivity index (χ1v) is 8.01. The SMILES string of the molecule is C=C(N)c1ccc(C(=N)SC(=N)c2ccc(O)cc2)cc1.CCO. The molecule has 0 fully saturated rings. The number of benzene rings is 2. The Labute approximate surface area is 145 Å². The lowest BCUT2D eigenvalue weighted by atomic mass is 10.1. The van der Waals surface area contributed by atoms with Gasteiger partial charge in [-0.3, -0.25) is 10.8 Å². The van der Waals surface area contributed by atoms with E-state index in [1.165, 1.54) is 12.1 Å². The monoisotopic (exact) mass is 343 g/mol. The van der Waals surface area contributed by atoms with Gasteiger partial charge in [0, 0.05) is 23.4 Å². The van der Waals surface area contributed by atoms with Crippen LogP contribution in [0.15, 0.2) is 55.1 Å². The maximum atomic E-state index is 9.23. The first-order chi connectivity index (χ1) is 11.4. The quantitative estimate of drug-likeness (QED) is 0.434. The topological polar surface area (TPSA) is 114 Å². The minimum atomic E-state index is 0.157. The fourth-order valence-corrected chi connectivity index (χ4v) is 2.38. The van der Waals surface area contributed by atoms with E-state index in [0.29, 0.717) is 16.8 Å². The van der Waals surface area contributed by atoms with Crippen molar-refractivity contribution in [3.63, 3.8) is 0 Å². The Hall–Kier alpha value is -2.57. The Morgan fingerprint density at radius 2 is 1.29 bits per heavy atom. The highest BCUT2D eigenvalue weighted by Crippen LogP contribution is 2.20. The Balaban J connectivity index is 0.000000891. The first-order valence-electron chi connectivity index (χ1n) is 7.19. The number of aromatic hydroxyl groups is 1. The maximum absolute atomic E-state index is 9.23. The van der Waals surface area contributed by atoms with Crippen LogP contribution in [0.5, 0.6) is 5.75 Å². The molecule has 0 atom stereocenters. The predicted molar refractivity (Wildman–Crippen MR) is 102 cm³/mol. The van der Waals surface area contributed by atoms with Crippen molar-refractivity contribution in [2.45, 2.75) is 6.92 Å². The van der Waals surface area contributed by atoms with Gasteiger partial charge in [-0.1, -0.05) is 42.6 Å². The molecule has 0 aliphatic heterocycles. The molecule has 0 radical (unpaired) electrons. The zero-order valence-corrected chi connectivity index (χ0v) is 14.2. The number of nitrogens with two attached hydrogens (primary N) is 1. The average molecular weight is 343 g/mol. The zero-order valence-electron chi connectivity index (χ0n) is 13.4. The average Bonchev–Trinajstić information content (AvgIpc) is 2.56. The smallest absolute Gasteiger partial charge is 0.115 e. The summed E-state index contributed by atoms with van der Waals surface area (Å²) in [6.45, 7) is 5.59. The van der Waals surface area contributed by atoms with Crippen LogP contribution in [0.4, 0.5) is 0 Å². The van der Waals surface area contributed by atoms with Gasteiger partial charge in [0.1, 0.15) is 15.8 Å². The molecule has 0 amide bonds. The fraction of sp³-hybridized carbons (Fsp3) is 0.111. The predicted octanol–water partition coefficient (Wildman–Crippen LogP) is 3.40. The molecule has 0 aromatic heterocycles. The van der Waals surface area contributed by atoms with Crippen molar-refractivity contribution in [2.75, 3.05) is 6.61 Å². The van der Waals surface area contributed by atoms with Crippen molar-refractivity contribution in [3.8, 4) is 5.75 Å². The molecule has 6 N–H and O–H groups in total. The van der Waals surface area contributed by atoms with Gasteiger partial charge >= 0.3 is 0 Å². The lowest BCUT2D eigenvalue weighted by molar-refractivity contribution is 0.318. The molecule has 0 unspecified atom stereocenters. The summed E-state index contributed by atoms with van der Waals surface area (Å²) >= 11 is 1.06. The van der Waals surface area contributed by atoms with Crippen LogP contribution in [0.25, 0.3) is 5.70 Å². The molecule has 0 aliphatic carbocycles. The van der Waals surface area contributed by atoms with Crippen LogP contribution >= 0.6 is 11.8 Å². The summed E-state index contributed by atoms with van der Waals surface area (Å²) in [4.78, 5) is 0. The minimum absolute atomic E-state index is 0.157. The second-order valence-electron chi connectivity index (χ2n) is 4.73. The van der Waals surface area contributed by atoms with Crippen molar-refractivity contribution in [1.82, 2.24) is 0 Å². The summed E-state index contributed by atoms with van der Waals surface area (Å²) in [5.74, 6) is 0.157. The van der Waals surface area contributed by atoms with Crippen molar-refractivity contribution in [1.29, 1.82) is 10.8 Å². The van der Waals surface area contributed by atoms with Gasteiger partial charge in [-0.2, -0.15) is 0 Å². The third kappa shape index (κ3) is 5.91. The Bertz CT molecular complexity index is 710. The van der Waals surface area contributed by atoms with Crippen molar-refractivity contribution in [2.24, 2.45) is 5.73 Å². The number of phenolic OH excluding ortho intramolecular Hbond substituents is 1. The molecule has 2 aromatic rings. The Kier molecular flexibility index (Phi) is 7.74. The van der Waals surface area contributed by atoms with E-state index in [1.807, 2.05) is 0 Å². The second kappa shape index (κ2) is 9.54. The van der Waals surface area contributed by atoms with Gasteiger partial charge in [-0.25, -0.2) is 0 Å². The second-order valence-corrected chi connectivity index (χ2v) is 5.75. The fourth-order valence-electron chi connectivity index (χ4n) is 1.67. The van der Waals surface area contributed by atoms with E-state index in [0.717, 1.165) is 17.3 Å². The number of rotatable bonds is 3. The van der Waals surface area contributed by atoms with Crippen LogP contribution < -0.4 is 5.73 Å². The van der Waals surface area contributed by atoms with E-state index in [9.17, 15) is 5.11 Å². The highest BCUT2D eigenvalue weighted by Gasteiger charge is 2.09. The molecule has 0 saturated carbocycles. The minimum Gasteiger partial charge on any atom is -0.508 e. The number of nitrogens with one attached hydrogen (secondary N) is 2. The van der Waals surface area contributed by atoms with Gasteiger partial charge in [0.05, 0.1) is 0 Å². The van der Waals surface area contributed by atoms with E-state index in [2.05, 4.69) is 6.58 Å². The summed E-state index contributed by atoms with van der Waals surface area (Å²) in [7, 11) is 0. The molecular formula is C18H21N3O2S. The Morgan fingerprint density at radius 3 is 1.67 bits per heavy atom. The molecule has 126 valence electrons. The molecule has 0 heterocycles. The van der Waals surface area contributed by atoms with Gasteiger partial charge in [0.2, 0.25) is 0 Å². The number of thioether (sulfide) groups is 1. The number of aliphatic hydroxyl groups is 1.